The molecule has 0 N–H and O–H groups in total. The van der Waals surface area contributed by atoms with E-state index in [0.717, 1.165) is 20.8 Å². The zero-order valence-corrected chi connectivity index (χ0v) is 7.83. The molecule has 0 fully saturated rings. The molecule has 0 radical (unpaired) electrons. The lowest BCUT2D eigenvalue weighted by molar-refractivity contribution is -0.107. The summed E-state index contributed by atoms with van der Waals surface area (Å²) in [4.78, 5) is 14.2. The Kier molecular flexibility index (Phi) is 2.56. The van der Waals surface area contributed by atoms with E-state index in [1.54, 1.807) is 11.3 Å². The fourth-order valence-corrected chi connectivity index (χ4v) is 2.27. The number of thiazole rings is 1. The molecule has 0 aliphatic heterocycles. The van der Waals surface area contributed by atoms with E-state index in [4.69, 9.17) is 0 Å². The van der Waals surface area contributed by atoms with Gasteiger partial charge in [-0.3, -0.25) is 0 Å². The summed E-state index contributed by atoms with van der Waals surface area (Å²) < 4.78 is 0.970. The van der Waals surface area contributed by atoms with E-state index in [2.05, 4.69) is 20.9 Å². The van der Waals surface area contributed by atoms with Crippen LogP contribution < -0.4 is 0 Å². The van der Waals surface area contributed by atoms with Crippen LogP contribution in [-0.2, 0) is 11.2 Å². The lowest BCUT2D eigenvalue weighted by Crippen LogP contribution is -1.85. The van der Waals surface area contributed by atoms with Gasteiger partial charge in [0.05, 0.1) is 14.5 Å². The molecule has 1 aromatic rings. The zero-order chi connectivity index (χ0) is 7.56. The summed E-state index contributed by atoms with van der Waals surface area (Å²) in [6.07, 6.45) is 1.27. The van der Waals surface area contributed by atoms with E-state index in [0.29, 0.717) is 6.42 Å². The minimum Gasteiger partial charge on any atom is -0.303 e. The Morgan fingerprint density at radius 1 is 1.80 bits per heavy atom. The molecule has 10 heavy (non-hydrogen) atoms. The van der Waals surface area contributed by atoms with E-state index in [1.807, 2.05) is 6.92 Å². The van der Waals surface area contributed by atoms with Gasteiger partial charge in [0, 0.05) is 6.42 Å². The maximum atomic E-state index is 10.1. The summed E-state index contributed by atoms with van der Waals surface area (Å²) in [6.45, 7) is 1.92. The monoisotopic (exact) mass is 219 g/mol. The second-order valence-corrected chi connectivity index (χ2v) is 4.35. The van der Waals surface area contributed by atoms with E-state index in [-0.39, 0.29) is 0 Å². The third-order valence-electron chi connectivity index (χ3n) is 1.03. The van der Waals surface area contributed by atoms with Gasteiger partial charge in [-0.15, -0.1) is 11.3 Å². The van der Waals surface area contributed by atoms with Gasteiger partial charge < -0.3 is 4.79 Å². The van der Waals surface area contributed by atoms with Crippen LogP contribution >= 0.6 is 27.3 Å². The van der Waals surface area contributed by atoms with Crippen LogP contribution in [0.5, 0.6) is 0 Å². The van der Waals surface area contributed by atoms with Gasteiger partial charge in [-0.2, -0.15) is 0 Å². The van der Waals surface area contributed by atoms with Crippen LogP contribution in [0.2, 0.25) is 0 Å². The first kappa shape index (κ1) is 7.88. The van der Waals surface area contributed by atoms with Crippen LogP contribution in [0.1, 0.15) is 10.7 Å². The molecule has 54 valence electrons. The molecule has 0 aliphatic carbocycles. The summed E-state index contributed by atoms with van der Waals surface area (Å²) in [7, 11) is 0. The summed E-state index contributed by atoms with van der Waals surface area (Å²) in [5.74, 6) is 0. The van der Waals surface area contributed by atoms with Crippen molar-refractivity contribution in [2.24, 2.45) is 0 Å². The summed E-state index contributed by atoms with van der Waals surface area (Å²) >= 11 is 4.87. The van der Waals surface area contributed by atoms with Gasteiger partial charge in [-0.1, -0.05) is 0 Å². The van der Waals surface area contributed by atoms with Gasteiger partial charge in [-0.05, 0) is 22.9 Å². The topological polar surface area (TPSA) is 30.0 Å². The van der Waals surface area contributed by atoms with Crippen LogP contribution in [0.15, 0.2) is 3.79 Å². The number of aldehydes is 1. The van der Waals surface area contributed by atoms with Crippen molar-refractivity contribution in [2.75, 3.05) is 0 Å². The lowest BCUT2D eigenvalue weighted by atomic mass is 10.4. The average molecular weight is 220 g/mol. The van der Waals surface area contributed by atoms with E-state index >= 15 is 0 Å². The van der Waals surface area contributed by atoms with Gasteiger partial charge in [0.15, 0.2) is 0 Å². The molecule has 2 nitrogen and oxygen atoms in total. The predicted molar refractivity (Wildman–Crippen MR) is 44.3 cm³/mol. The summed E-state index contributed by atoms with van der Waals surface area (Å²) in [6, 6.07) is 0. The number of carbonyl (C=O) groups excluding carboxylic acids is 1. The zero-order valence-electron chi connectivity index (χ0n) is 5.43. The Morgan fingerprint density at radius 2 is 2.50 bits per heavy atom. The average Bonchev–Trinajstić information content (AvgIpc) is 2.13. The van der Waals surface area contributed by atoms with Crippen LogP contribution in [-0.4, -0.2) is 11.3 Å². The predicted octanol–water partition coefficient (Wildman–Crippen LogP) is 1.96. The van der Waals surface area contributed by atoms with E-state index < -0.39 is 0 Å². The lowest BCUT2D eigenvalue weighted by Gasteiger charge is -1.83. The maximum Gasteiger partial charge on any atom is 0.126 e. The first-order valence-electron chi connectivity index (χ1n) is 2.79. The molecular weight excluding hydrogens is 214 g/mol. The third-order valence-corrected chi connectivity index (χ3v) is 2.78. The Balaban J connectivity index is 2.91. The van der Waals surface area contributed by atoms with Crippen molar-refractivity contribution in [1.82, 2.24) is 4.98 Å². The molecule has 0 aliphatic rings. The van der Waals surface area contributed by atoms with Gasteiger partial charge >= 0.3 is 0 Å². The second-order valence-electron chi connectivity index (χ2n) is 1.82. The number of hydrogen-bond donors (Lipinski definition) is 0. The van der Waals surface area contributed by atoms with Crippen LogP contribution in [0.25, 0.3) is 0 Å². The number of aryl methyl sites for hydroxylation is 1. The van der Waals surface area contributed by atoms with Gasteiger partial charge in [0.25, 0.3) is 0 Å². The van der Waals surface area contributed by atoms with Crippen molar-refractivity contribution in [3.63, 3.8) is 0 Å². The quantitative estimate of drug-likeness (QED) is 0.713. The summed E-state index contributed by atoms with van der Waals surface area (Å²) in [5.41, 5.74) is 0.845. The SMILES string of the molecule is Cc1nc(CC=O)c(Br)s1. The van der Waals surface area contributed by atoms with Crippen molar-refractivity contribution < 1.29 is 4.79 Å². The molecule has 1 rings (SSSR count). The molecular formula is C6H6BrNOS. The normalized spacial score (nSPS) is 9.80. The molecule has 4 heteroatoms. The van der Waals surface area contributed by atoms with Crippen LogP contribution in [0.4, 0.5) is 0 Å². The molecule has 0 atom stereocenters. The first-order valence-corrected chi connectivity index (χ1v) is 4.40. The Morgan fingerprint density at radius 3 is 2.90 bits per heavy atom. The largest absolute Gasteiger partial charge is 0.303 e. The van der Waals surface area contributed by atoms with Crippen LogP contribution in [0, 0.1) is 6.92 Å². The maximum absolute atomic E-state index is 10.1. The Labute approximate surface area is 71.4 Å². The number of rotatable bonds is 2. The Bertz CT molecular complexity index is 246. The second kappa shape index (κ2) is 3.25. The van der Waals surface area contributed by atoms with Crippen molar-refractivity contribution in [1.29, 1.82) is 0 Å². The van der Waals surface area contributed by atoms with Gasteiger partial charge in [0.2, 0.25) is 0 Å². The van der Waals surface area contributed by atoms with Crippen molar-refractivity contribution in [3.8, 4) is 0 Å². The molecule has 1 heterocycles. The highest BCUT2D eigenvalue weighted by Gasteiger charge is 2.03. The van der Waals surface area contributed by atoms with Gasteiger partial charge in [-0.25, -0.2) is 4.98 Å². The number of hydrogen-bond acceptors (Lipinski definition) is 3. The highest BCUT2D eigenvalue weighted by molar-refractivity contribution is 9.11. The van der Waals surface area contributed by atoms with E-state index in [9.17, 15) is 4.79 Å². The standard InChI is InChI=1S/C6H6BrNOS/c1-4-8-5(2-3-9)6(7)10-4/h3H,2H2,1H3. The van der Waals surface area contributed by atoms with E-state index in [1.165, 1.54) is 0 Å². The van der Waals surface area contributed by atoms with Gasteiger partial charge in [0.1, 0.15) is 6.29 Å². The smallest absolute Gasteiger partial charge is 0.126 e. The minimum atomic E-state index is 0.408. The fourth-order valence-electron chi connectivity index (χ4n) is 0.650. The van der Waals surface area contributed by atoms with Crippen LogP contribution in [0.3, 0.4) is 0 Å². The Hall–Kier alpha value is -0.220. The molecule has 0 spiro atoms. The third kappa shape index (κ3) is 1.64. The number of halogens is 1. The van der Waals surface area contributed by atoms with Crippen molar-refractivity contribution in [3.05, 3.63) is 14.5 Å². The number of aromatic nitrogens is 1. The molecule has 0 aromatic carbocycles. The molecule has 0 saturated carbocycles. The fraction of sp³-hybridized carbons (Fsp3) is 0.333. The molecule has 1 aromatic heterocycles. The van der Waals surface area contributed by atoms with Crippen molar-refractivity contribution in [2.45, 2.75) is 13.3 Å². The number of carbonyl (C=O) groups is 1. The first-order chi connectivity index (χ1) is 4.74. The highest BCUT2D eigenvalue weighted by Crippen LogP contribution is 2.23. The summed E-state index contributed by atoms with van der Waals surface area (Å²) in [5, 5.41) is 0.990. The molecule has 0 bridgehead atoms. The molecule has 0 amide bonds. The molecule has 0 unspecified atom stereocenters. The minimum absolute atomic E-state index is 0.408. The number of nitrogens with zero attached hydrogens (tertiary/aromatic N) is 1. The van der Waals surface area contributed by atoms with Crippen molar-refractivity contribution >= 4 is 33.6 Å². The molecule has 0 saturated heterocycles. The highest BCUT2D eigenvalue weighted by atomic mass is 79.9.